The molecule has 0 atom stereocenters. The number of carboxylic acid groups (broad SMARTS) is 1. The Balaban J connectivity index is 2.29. The summed E-state index contributed by atoms with van der Waals surface area (Å²) in [5.74, 6) is -0.585. The Bertz CT molecular complexity index is 185. The molecule has 1 aliphatic rings. The maximum atomic E-state index is 10.7. The average molecular weight is 159 g/mol. The first kappa shape index (κ1) is 7.84. The van der Waals surface area contributed by atoms with Crippen LogP contribution in [0, 0.1) is 5.92 Å². The van der Waals surface area contributed by atoms with Gasteiger partial charge in [0.05, 0.1) is 13.0 Å². The Morgan fingerprint density at radius 2 is 2.09 bits per heavy atom. The second kappa shape index (κ2) is 2.77. The van der Waals surface area contributed by atoms with Crippen LogP contribution in [-0.4, -0.2) is 42.3 Å². The second-order valence-electron chi connectivity index (χ2n) is 2.41. The Morgan fingerprint density at radius 1 is 1.55 bits per heavy atom. The third-order valence-electron chi connectivity index (χ3n) is 1.69. The summed E-state index contributed by atoms with van der Waals surface area (Å²) in [6.07, 6.45) is -0.981. The molecule has 5 heteroatoms. The minimum Gasteiger partial charge on any atom is -0.469 e. The van der Waals surface area contributed by atoms with Gasteiger partial charge < -0.3 is 14.7 Å². The Hall–Kier alpha value is -1.26. The minimum absolute atomic E-state index is 0.254. The fourth-order valence-electron chi connectivity index (χ4n) is 0.951. The number of carbonyl (C=O) groups excluding carboxylic acids is 1. The first-order valence-corrected chi connectivity index (χ1v) is 3.21. The lowest BCUT2D eigenvalue weighted by Crippen LogP contribution is -2.52. The van der Waals surface area contributed by atoms with Gasteiger partial charge in [0.25, 0.3) is 0 Å². The zero-order valence-corrected chi connectivity index (χ0v) is 6.11. The van der Waals surface area contributed by atoms with Gasteiger partial charge >= 0.3 is 12.1 Å². The average Bonchev–Trinajstić information content (AvgIpc) is 1.83. The molecule has 0 spiro atoms. The molecule has 0 saturated carbocycles. The third kappa shape index (κ3) is 1.42. The standard InChI is InChI=1S/C6H9NO4/c1-11-5(8)4-2-7(3-4)6(9)10/h4H,2-3H2,1H3,(H,9,10). The Labute approximate surface area is 63.5 Å². The van der Waals surface area contributed by atoms with Crippen LogP contribution in [0.1, 0.15) is 0 Å². The van der Waals surface area contributed by atoms with E-state index in [1.807, 2.05) is 0 Å². The van der Waals surface area contributed by atoms with Crippen LogP contribution in [0.3, 0.4) is 0 Å². The minimum atomic E-state index is -0.981. The van der Waals surface area contributed by atoms with Gasteiger partial charge in [-0.15, -0.1) is 0 Å². The summed E-state index contributed by atoms with van der Waals surface area (Å²) in [5.41, 5.74) is 0. The van der Waals surface area contributed by atoms with Crippen molar-refractivity contribution < 1.29 is 19.4 Å². The molecular weight excluding hydrogens is 150 g/mol. The van der Waals surface area contributed by atoms with Crippen molar-refractivity contribution in [3.05, 3.63) is 0 Å². The van der Waals surface area contributed by atoms with Gasteiger partial charge in [0.1, 0.15) is 0 Å². The van der Waals surface area contributed by atoms with Crippen LogP contribution >= 0.6 is 0 Å². The molecule has 0 aromatic heterocycles. The van der Waals surface area contributed by atoms with Gasteiger partial charge in [-0.3, -0.25) is 4.79 Å². The van der Waals surface area contributed by atoms with Gasteiger partial charge in [0, 0.05) is 13.1 Å². The van der Waals surface area contributed by atoms with Crippen LogP contribution in [0.5, 0.6) is 0 Å². The molecule has 0 unspecified atom stereocenters. The molecule has 1 saturated heterocycles. The highest BCUT2D eigenvalue weighted by molar-refractivity contribution is 5.77. The van der Waals surface area contributed by atoms with E-state index in [1.54, 1.807) is 0 Å². The van der Waals surface area contributed by atoms with E-state index in [4.69, 9.17) is 5.11 Å². The maximum absolute atomic E-state index is 10.7. The van der Waals surface area contributed by atoms with E-state index in [2.05, 4.69) is 4.74 Å². The highest BCUT2D eigenvalue weighted by Crippen LogP contribution is 2.16. The molecule has 1 rings (SSSR count). The second-order valence-corrected chi connectivity index (χ2v) is 2.41. The number of likely N-dealkylation sites (tertiary alicyclic amines) is 1. The monoisotopic (exact) mass is 159 g/mol. The molecule has 0 radical (unpaired) electrons. The van der Waals surface area contributed by atoms with Crippen molar-refractivity contribution >= 4 is 12.1 Å². The molecule has 11 heavy (non-hydrogen) atoms. The van der Waals surface area contributed by atoms with Gasteiger partial charge in [-0.25, -0.2) is 4.79 Å². The Morgan fingerprint density at radius 3 is 2.45 bits per heavy atom. The fourth-order valence-corrected chi connectivity index (χ4v) is 0.951. The summed E-state index contributed by atoms with van der Waals surface area (Å²) in [6.45, 7) is 0.532. The lowest BCUT2D eigenvalue weighted by Gasteiger charge is -2.34. The van der Waals surface area contributed by atoms with Gasteiger partial charge in [0.2, 0.25) is 0 Å². The van der Waals surface area contributed by atoms with Gasteiger partial charge in [-0.2, -0.15) is 0 Å². The number of hydrogen-bond acceptors (Lipinski definition) is 3. The number of hydrogen-bond donors (Lipinski definition) is 1. The molecule has 1 N–H and O–H groups in total. The highest BCUT2D eigenvalue weighted by atomic mass is 16.5. The topological polar surface area (TPSA) is 66.8 Å². The highest BCUT2D eigenvalue weighted by Gasteiger charge is 2.36. The summed E-state index contributed by atoms with van der Waals surface area (Å²) in [4.78, 5) is 22.1. The smallest absolute Gasteiger partial charge is 0.407 e. The van der Waals surface area contributed by atoms with E-state index < -0.39 is 6.09 Å². The van der Waals surface area contributed by atoms with Gasteiger partial charge in [-0.05, 0) is 0 Å². The van der Waals surface area contributed by atoms with Crippen LogP contribution < -0.4 is 0 Å². The summed E-state index contributed by atoms with van der Waals surface area (Å²) < 4.78 is 4.42. The fraction of sp³-hybridized carbons (Fsp3) is 0.667. The van der Waals surface area contributed by atoms with Crippen molar-refractivity contribution in [2.24, 2.45) is 5.92 Å². The number of rotatable bonds is 1. The molecule has 0 aromatic carbocycles. The normalized spacial score (nSPS) is 17.4. The summed E-state index contributed by atoms with van der Waals surface area (Å²) in [7, 11) is 1.30. The number of esters is 1. The predicted octanol–water partition coefficient (Wildman–Crippen LogP) is -0.231. The van der Waals surface area contributed by atoms with Crippen molar-refractivity contribution in [3.8, 4) is 0 Å². The SMILES string of the molecule is COC(=O)C1CN(C(=O)O)C1. The van der Waals surface area contributed by atoms with Crippen LogP contribution in [0.4, 0.5) is 4.79 Å². The molecule has 0 aromatic rings. The summed E-state index contributed by atoms with van der Waals surface area (Å²) >= 11 is 0. The van der Waals surface area contributed by atoms with E-state index >= 15 is 0 Å². The lowest BCUT2D eigenvalue weighted by molar-refractivity contribution is -0.150. The van der Waals surface area contributed by atoms with Crippen molar-refractivity contribution in [1.29, 1.82) is 0 Å². The zero-order chi connectivity index (χ0) is 8.43. The summed E-state index contributed by atoms with van der Waals surface area (Å²) in [5, 5.41) is 8.38. The molecule has 0 aliphatic carbocycles. The molecule has 62 valence electrons. The molecule has 0 bridgehead atoms. The molecule has 1 aliphatic heterocycles. The van der Waals surface area contributed by atoms with Crippen LogP contribution in [0.2, 0.25) is 0 Å². The van der Waals surface area contributed by atoms with Crippen molar-refractivity contribution in [1.82, 2.24) is 4.90 Å². The quantitative estimate of drug-likeness (QED) is 0.536. The third-order valence-corrected chi connectivity index (χ3v) is 1.69. The number of methoxy groups -OCH3 is 1. The number of carbonyl (C=O) groups is 2. The molecule has 1 heterocycles. The van der Waals surface area contributed by atoms with E-state index in [0.29, 0.717) is 0 Å². The summed E-state index contributed by atoms with van der Waals surface area (Å²) in [6, 6.07) is 0. The lowest BCUT2D eigenvalue weighted by atomic mass is 10.0. The first-order valence-electron chi connectivity index (χ1n) is 3.21. The Kier molecular flexibility index (Phi) is 1.98. The molecular formula is C6H9NO4. The number of ether oxygens (including phenoxy) is 1. The first-order chi connectivity index (χ1) is 5.15. The number of amides is 1. The van der Waals surface area contributed by atoms with Gasteiger partial charge in [0.15, 0.2) is 0 Å². The van der Waals surface area contributed by atoms with Crippen LogP contribution in [0.25, 0.3) is 0 Å². The van der Waals surface area contributed by atoms with E-state index in [-0.39, 0.29) is 25.0 Å². The molecule has 5 nitrogen and oxygen atoms in total. The van der Waals surface area contributed by atoms with E-state index in [1.165, 1.54) is 12.0 Å². The van der Waals surface area contributed by atoms with Crippen molar-refractivity contribution in [2.45, 2.75) is 0 Å². The maximum Gasteiger partial charge on any atom is 0.407 e. The molecule has 1 fully saturated rings. The van der Waals surface area contributed by atoms with Crippen LogP contribution in [0.15, 0.2) is 0 Å². The zero-order valence-electron chi connectivity index (χ0n) is 6.11. The largest absolute Gasteiger partial charge is 0.469 e. The van der Waals surface area contributed by atoms with Crippen molar-refractivity contribution in [2.75, 3.05) is 20.2 Å². The van der Waals surface area contributed by atoms with Gasteiger partial charge in [-0.1, -0.05) is 0 Å². The predicted molar refractivity (Wildman–Crippen MR) is 35.1 cm³/mol. The number of nitrogens with zero attached hydrogens (tertiary/aromatic N) is 1. The van der Waals surface area contributed by atoms with E-state index in [9.17, 15) is 9.59 Å². The van der Waals surface area contributed by atoms with Crippen molar-refractivity contribution in [3.63, 3.8) is 0 Å². The van der Waals surface area contributed by atoms with Crippen LogP contribution in [-0.2, 0) is 9.53 Å². The molecule has 1 amide bonds. The van der Waals surface area contributed by atoms with E-state index in [0.717, 1.165) is 0 Å².